The van der Waals surface area contributed by atoms with Crippen molar-refractivity contribution in [1.29, 1.82) is 0 Å². The first-order valence-corrected chi connectivity index (χ1v) is 7.11. The second kappa shape index (κ2) is 5.79. The number of aliphatic imine (C=N–C) groups is 1. The van der Waals surface area contributed by atoms with Gasteiger partial charge in [0.15, 0.2) is 0 Å². The van der Waals surface area contributed by atoms with E-state index >= 15 is 0 Å². The lowest BCUT2D eigenvalue weighted by Crippen LogP contribution is -2.56. The summed E-state index contributed by atoms with van der Waals surface area (Å²) in [5, 5.41) is 0. The summed E-state index contributed by atoms with van der Waals surface area (Å²) in [6.45, 7) is -1.57. The maximum atomic E-state index is 14.2. The highest BCUT2D eigenvalue weighted by molar-refractivity contribution is 5.73. The molecule has 0 unspecified atom stereocenters. The number of hydrogen-bond donors (Lipinski definition) is 1. The molecule has 120 valence electrons. The van der Waals surface area contributed by atoms with E-state index in [1.54, 1.807) is 6.07 Å². The Morgan fingerprint density at radius 2 is 2.09 bits per heavy atom. The molecule has 0 amide bonds. The molecule has 2 aliphatic rings. The second-order valence-corrected chi connectivity index (χ2v) is 5.60. The SMILES string of the molecule is NC1=N[C@](CF)(c2ccccc2F)[C@H]2CO[C@H](CF)C[C@H]2O1. The van der Waals surface area contributed by atoms with Crippen molar-refractivity contribution in [2.75, 3.05) is 20.0 Å². The molecule has 1 saturated heterocycles. The molecule has 2 N–H and O–H groups in total. The normalized spacial score (nSPS) is 34.5. The van der Waals surface area contributed by atoms with Crippen molar-refractivity contribution in [3.05, 3.63) is 35.6 Å². The molecule has 2 aliphatic heterocycles. The van der Waals surface area contributed by atoms with Crippen molar-refractivity contribution in [3.8, 4) is 0 Å². The zero-order chi connectivity index (χ0) is 15.7. The van der Waals surface area contributed by atoms with Crippen molar-refractivity contribution < 1.29 is 22.6 Å². The summed E-state index contributed by atoms with van der Waals surface area (Å²) < 4.78 is 51.9. The lowest BCUT2D eigenvalue weighted by Gasteiger charge is -2.46. The standard InChI is InChI=1S/C15H17F3N2O2/c16-6-9-5-13-11(7-21-9)15(8-17,20-14(19)22-13)10-3-1-2-4-12(10)18/h1-4,9,11,13H,5-8H2,(H2,19,20)/t9-,11-,13+,15+/m0/s1. The number of hydrogen-bond acceptors (Lipinski definition) is 4. The van der Waals surface area contributed by atoms with E-state index in [2.05, 4.69) is 4.99 Å². The van der Waals surface area contributed by atoms with Crippen LogP contribution in [0.25, 0.3) is 0 Å². The Bertz CT molecular complexity index is 584. The number of benzene rings is 1. The van der Waals surface area contributed by atoms with E-state index in [-0.39, 0.29) is 24.6 Å². The number of fused-ring (bicyclic) bond motifs is 1. The highest BCUT2D eigenvalue weighted by Crippen LogP contribution is 2.44. The van der Waals surface area contributed by atoms with Crippen LogP contribution in [0.15, 0.2) is 29.3 Å². The summed E-state index contributed by atoms with van der Waals surface area (Å²) in [7, 11) is 0. The Morgan fingerprint density at radius 1 is 1.32 bits per heavy atom. The van der Waals surface area contributed by atoms with Gasteiger partial charge in [0.25, 0.3) is 6.02 Å². The quantitative estimate of drug-likeness (QED) is 0.929. The molecule has 1 aromatic carbocycles. The van der Waals surface area contributed by atoms with Crippen LogP contribution >= 0.6 is 0 Å². The van der Waals surface area contributed by atoms with Crippen molar-refractivity contribution >= 4 is 6.02 Å². The Morgan fingerprint density at radius 3 is 2.77 bits per heavy atom. The number of ether oxygens (including phenoxy) is 2. The number of alkyl halides is 2. The van der Waals surface area contributed by atoms with Gasteiger partial charge in [0.1, 0.15) is 30.8 Å². The van der Waals surface area contributed by atoms with Gasteiger partial charge in [-0.2, -0.15) is 0 Å². The van der Waals surface area contributed by atoms with Crippen molar-refractivity contribution in [2.45, 2.75) is 24.2 Å². The van der Waals surface area contributed by atoms with Crippen LogP contribution < -0.4 is 5.73 Å². The van der Waals surface area contributed by atoms with Crippen LogP contribution in [0, 0.1) is 11.7 Å². The fraction of sp³-hybridized carbons (Fsp3) is 0.533. The molecule has 0 aromatic heterocycles. The van der Waals surface area contributed by atoms with Gasteiger partial charge < -0.3 is 15.2 Å². The monoisotopic (exact) mass is 314 g/mol. The Hall–Kier alpha value is -1.76. The molecule has 0 saturated carbocycles. The van der Waals surface area contributed by atoms with Gasteiger partial charge in [-0.15, -0.1) is 0 Å². The second-order valence-electron chi connectivity index (χ2n) is 5.60. The van der Waals surface area contributed by atoms with E-state index in [1.807, 2.05) is 0 Å². The zero-order valence-corrected chi connectivity index (χ0v) is 11.8. The van der Waals surface area contributed by atoms with E-state index in [9.17, 15) is 13.2 Å². The summed E-state index contributed by atoms with van der Waals surface area (Å²) >= 11 is 0. The summed E-state index contributed by atoms with van der Waals surface area (Å²) in [6, 6.07) is 5.65. The minimum absolute atomic E-state index is 0.0360. The molecule has 1 aromatic rings. The van der Waals surface area contributed by atoms with Crippen LogP contribution in [-0.4, -0.2) is 38.2 Å². The van der Waals surface area contributed by atoms with Crippen LogP contribution in [-0.2, 0) is 15.0 Å². The van der Waals surface area contributed by atoms with Crippen LogP contribution in [0.4, 0.5) is 13.2 Å². The zero-order valence-electron chi connectivity index (χ0n) is 11.8. The van der Waals surface area contributed by atoms with Gasteiger partial charge in [0.05, 0.1) is 18.6 Å². The first-order chi connectivity index (χ1) is 10.6. The van der Waals surface area contributed by atoms with Crippen molar-refractivity contribution in [3.63, 3.8) is 0 Å². The Kier molecular flexibility index (Phi) is 3.99. The fourth-order valence-corrected chi connectivity index (χ4v) is 3.26. The molecule has 3 rings (SSSR count). The molecule has 1 fully saturated rings. The lowest BCUT2D eigenvalue weighted by atomic mass is 9.73. The molecule has 0 bridgehead atoms. The van der Waals surface area contributed by atoms with Gasteiger partial charge in [-0.05, 0) is 6.07 Å². The van der Waals surface area contributed by atoms with Crippen LogP contribution in [0.5, 0.6) is 0 Å². The van der Waals surface area contributed by atoms with E-state index < -0.39 is 42.8 Å². The van der Waals surface area contributed by atoms with Crippen LogP contribution in [0.2, 0.25) is 0 Å². The molecule has 0 spiro atoms. The third kappa shape index (κ3) is 2.33. The molecule has 22 heavy (non-hydrogen) atoms. The number of amidine groups is 1. The van der Waals surface area contributed by atoms with E-state index in [1.165, 1.54) is 18.2 Å². The Labute approximate surface area is 126 Å². The summed E-state index contributed by atoms with van der Waals surface area (Å²) in [5.41, 5.74) is 4.28. The first-order valence-electron chi connectivity index (χ1n) is 7.11. The summed E-state index contributed by atoms with van der Waals surface area (Å²) in [6.07, 6.45) is -0.944. The highest BCUT2D eigenvalue weighted by atomic mass is 19.1. The smallest absolute Gasteiger partial charge is 0.283 e. The maximum Gasteiger partial charge on any atom is 0.283 e. The molecule has 4 nitrogen and oxygen atoms in total. The summed E-state index contributed by atoms with van der Waals surface area (Å²) in [5.74, 6) is -1.13. The number of nitrogens with zero attached hydrogens (tertiary/aromatic N) is 1. The van der Waals surface area contributed by atoms with Gasteiger partial charge in [-0.1, -0.05) is 18.2 Å². The fourth-order valence-electron chi connectivity index (χ4n) is 3.26. The predicted molar refractivity (Wildman–Crippen MR) is 74.4 cm³/mol. The summed E-state index contributed by atoms with van der Waals surface area (Å²) in [4.78, 5) is 4.08. The molecule has 0 radical (unpaired) electrons. The van der Waals surface area contributed by atoms with Gasteiger partial charge >= 0.3 is 0 Å². The average Bonchev–Trinajstić information content (AvgIpc) is 2.53. The molecular weight excluding hydrogens is 297 g/mol. The van der Waals surface area contributed by atoms with Gasteiger partial charge in [0.2, 0.25) is 0 Å². The minimum atomic E-state index is -1.50. The van der Waals surface area contributed by atoms with Crippen molar-refractivity contribution in [2.24, 2.45) is 16.6 Å². The topological polar surface area (TPSA) is 56.8 Å². The van der Waals surface area contributed by atoms with Gasteiger partial charge in [-0.3, -0.25) is 0 Å². The molecule has 4 atom stereocenters. The van der Waals surface area contributed by atoms with Crippen LogP contribution in [0.3, 0.4) is 0 Å². The number of halogens is 3. The highest BCUT2D eigenvalue weighted by Gasteiger charge is 2.53. The first kappa shape index (κ1) is 15.1. The van der Waals surface area contributed by atoms with Crippen LogP contribution in [0.1, 0.15) is 12.0 Å². The van der Waals surface area contributed by atoms with Gasteiger partial charge in [-0.25, -0.2) is 18.2 Å². The van der Waals surface area contributed by atoms with E-state index in [4.69, 9.17) is 15.2 Å². The maximum absolute atomic E-state index is 14.2. The third-order valence-corrected chi connectivity index (χ3v) is 4.37. The Balaban J connectivity index is 2.06. The minimum Gasteiger partial charge on any atom is -0.462 e. The molecule has 7 heteroatoms. The number of nitrogens with two attached hydrogens (primary N) is 1. The van der Waals surface area contributed by atoms with Gasteiger partial charge in [0, 0.05) is 12.0 Å². The van der Waals surface area contributed by atoms with E-state index in [0.717, 1.165) is 0 Å². The number of rotatable bonds is 3. The predicted octanol–water partition coefficient (Wildman–Crippen LogP) is 2.08. The van der Waals surface area contributed by atoms with Crippen molar-refractivity contribution in [1.82, 2.24) is 0 Å². The molecule has 2 heterocycles. The third-order valence-electron chi connectivity index (χ3n) is 4.37. The largest absolute Gasteiger partial charge is 0.462 e. The lowest BCUT2D eigenvalue weighted by molar-refractivity contribution is -0.120. The molecule has 0 aliphatic carbocycles. The molecular formula is C15H17F3N2O2. The average molecular weight is 314 g/mol. The van der Waals surface area contributed by atoms with E-state index in [0.29, 0.717) is 0 Å².